The molecule has 314 valence electrons. The SMILES string of the molecule is CC(C)C1=CC(N(c2ccc3c4c2ccc2ccc(N(c5ccc(C#N)cc5)c5ccc6c(c5)C(C)(C)c5ccccc5-6)c(c24)C(C)C3)C2C=CC=CC2)=CCC1(C)c1ccccc1. The van der Waals surface area contributed by atoms with Gasteiger partial charge in [0.2, 0.25) is 0 Å². The summed E-state index contributed by atoms with van der Waals surface area (Å²) < 4.78 is 0. The van der Waals surface area contributed by atoms with Crippen LogP contribution < -0.4 is 9.80 Å². The first-order valence-corrected chi connectivity index (χ1v) is 23.2. The predicted octanol–water partition coefficient (Wildman–Crippen LogP) is 15.8. The van der Waals surface area contributed by atoms with Gasteiger partial charge in [-0.05, 0) is 141 Å². The first-order chi connectivity index (χ1) is 31.1. The molecule has 0 amide bonds. The minimum atomic E-state index is -0.140. The Kier molecular flexibility index (Phi) is 9.44. The molecule has 0 saturated heterocycles. The number of anilines is 4. The van der Waals surface area contributed by atoms with Crippen LogP contribution in [0.4, 0.5) is 22.7 Å². The van der Waals surface area contributed by atoms with E-state index in [1.807, 2.05) is 12.1 Å². The van der Waals surface area contributed by atoms with Crippen molar-refractivity contribution in [3.8, 4) is 17.2 Å². The average Bonchev–Trinajstić information content (AvgIpc) is 3.55. The number of benzene rings is 7. The van der Waals surface area contributed by atoms with Crippen LogP contribution in [-0.4, -0.2) is 6.04 Å². The van der Waals surface area contributed by atoms with E-state index in [0.29, 0.717) is 11.5 Å². The maximum atomic E-state index is 9.85. The van der Waals surface area contributed by atoms with Crippen molar-refractivity contribution in [2.75, 3.05) is 9.80 Å². The van der Waals surface area contributed by atoms with Crippen molar-refractivity contribution in [2.24, 2.45) is 5.92 Å². The molecule has 64 heavy (non-hydrogen) atoms. The molecule has 0 heterocycles. The zero-order valence-electron chi connectivity index (χ0n) is 37.9. The van der Waals surface area contributed by atoms with Gasteiger partial charge >= 0.3 is 0 Å². The Labute approximate surface area is 379 Å². The predicted molar refractivity (Wildman–Crippen MR) is 269 cm³/mol. The topological polar surface area (TPSA) is 30.3 Å². The highest BCUT2D eigenvalue weighted by atomic mass is 15.2. The van der Waals surface area contributed by atoms with E-state index in [4.69, 9.17) is 0 Å². The monoisotopic (exact) mass is 829 g/mol. The summed E-state index contributed by atoms with van der Waals surface area (Å²) in [4.78, 5) is 5.10. The van der Waals surface area contributed by atoms with Crippen LogP contribution in [0.1, 0.15) is 93.7 Å². The second-order valence-electron chi connectivity index (χ2n) is 19.6. The van der Waals surface area contributed by atoms with Crippen LogP contribution in [-0.2, 0) is 17.3 Å². The van der Waals surface area contributed by atoms with Gasteiger partial charge in [-0.15, -0.1) is 0 Å². The Morgan fingerprint density at radius 1 is 0.719 bits per heavy atom. The molecule has 3 unspecified atom stereocenters. The molecule has 4 aliphatic carbocycles. The van der Waals surface area contributed by atoms with Crippen LogP contribution in [0.5, 0.6) is 0 Å². The standard InChI is InChI=1S/C61H55N3/c1-39(2)53-36-48(33-34-61(53,6)44-15-9-7-10-16-44)63(45-17-11-8-12-18-45)55-31-25-43-35-40(3)57-56(32-24-42-23-29-51(55)58(43)59(42)57)64(46-26-21-41(38-62)22-27-46)47-28-30-50-49-19-13-14-20-52(49)60(4,5)54(50)37-47/h7-17,19-33,36-37,39-40,45H,18,34-35H2,1-6H3. The summed E-state index contributed by atoms with van der Waals surface area (Å²) >= 11 is 0. The summed E-state index contributed by atoms with van der Waals surface area (Å²) in [6, 6.07) is 52.0. The molecular weight excluding hydrogens is 775 g/mol. The molecule has 0 spiro atoms. The molecular formula is C61H55N3. The lowest BCUT2D eigenvalue weighted by Crippen LogP contribution is -2.37. The highest BCUT2D eigenvalue weighted by molar-refractivity contribution is 6.17. The first-order valence-electron chi connectivity index (χ1n) is 23.2. The van der Waals surface area contributed by atoms with Crippen LogP contribution in [0.2, 0.25) is 0 Å². The highest BCUT2D eigenvalue weighted by Gasteiger charge is 2.38. The van der Waals surface area contributed by atoms with Crippen molar-refractivity contribution in [1.29, 1.82) is 5.26 Å². The van der Waals surface area contributed by atoms with Crippen molar-refractivity contribution in [3.63, 3.8) is 0 Å². The average molecular weight is 830 g/mol. The Bertz CT molecular complexity index is 3190. The van der Waals surface area contributed by atoms with Gasteiger partial charge in [0.25, 0.3) is 0 Å². The molecule has 0 radical (unpaired) electrons. The lowest BCUT2D eigenvalue weighted by atomic mass is 9.67. The second kappa shape index (κ2) is 15.1. The number of fused-ring (bicyclic) bond motifs is 3. The van der Waals surface area contributed by atoms with E-state index in [9.17, 15) is 5.26 Å². The number of hydrogen-bond acceptors (Lipinski definition) is 3. The maximum Gasteiger partial charge on any atom is 0.0991 e. The number of nitrogens with zero attached hydrogens (tertiary/aromatic N) is 3. The third-order valence-electron chi connectivity index (χ3n) is 15.1. The molecule has 0 fully saturated rings. The van der Waals surface area contributed by atoms with E-state index in [1.165, 1.54) is 83.1 Å². The van der Waals surface area contributed by atoms with Crippen LogP contribution >= 0.6 is 0 Å². The highest BCUT2D eigenvalue weighted by Crippen LogP contribution is 2.54. The van der Waals surface area contributed by atoms with Crippen LogP contribution in [0.25, 0.3) is 32.7 Å². The zero-order valence-corrected chi connectivity index (χ0v) is 37.9. The third kappa shape index (κ3) is 6.14. The Hall–Kier alpha value is -6.89. The van der Waals surface area contributed by atoms with Gasteiger partial charge in [0.15, 0.2) is 0 Å². The summed E-state index contributed by atoms with van der Waals surface area (Å²) in [5, 5.41) is 15.1. The molecule has 0 N–H and O–H groups in total. The summed E-state index contributed by atoms with van der Waals surface area (Å²) in [7, 11) is 0. The fourth-order valence-electron chi connectivity index (χ4n) is 11.9. The number of nitriles is 1. The Morgan fingerprint density at radius 3 is 2.22 bits per heavy atom. The van der Waals surface area contributed by atoms with E-state index in [0.717, 1.165) is 30.6 Å². The van der Waals surface area contributed by atoms with Gasteiger partial charge in [-0.1, -0.05) is 162 Å². The quantitative estimate of drug-likeness (QED) is 0.143. The Balaban J connectivity index is 1.11. The third-order valence-corrected chi connectivity index (χ3v) is 15.1. The fraction of sp³-hybridized carbons (Fsp3) is 0.230. The molecule has 0 aliphatic heterocycles. The molecule has 11 rings (SSSR count). The van der Waals surface area contributed by atoms with Gasteiger partial charge in [-0.25, -0.2) is 0 Å². The molecule has 4 aliphatic rings. The summed E-state index contributed by atoms with van der Waals surface area (Å²) in [5.74, 6) is 0.661. The number of allylic oxidation sites excluding steroid dienone is 5. The lowest BCUT2D eigenvalue weighted by Gasteiger charge is -2.42. The molecule has 3 heteroatoms. The summed E-state index contributed by atoms with van der Waals surface area (Å²) in [6.07, 6.45) is 17.0. The van der Waals surface area contributed by atoms with Crippen molar-refractivity contribution in [2.45, 2.75) is 83.6 Å². The molecule has 7 aromatic carbocycles. The van der Waals surface area contributed by atoms with Gasteiger partial charge in [0.05, 0.1) is 23.4 Å². The molecule has 7 aromatic rings. The van der Waals surface area contributed by atoms with Crippen LogP contribution in [0.3, 0.4) is 0 Å². The van der Waals surface area contributed by atoms with Gasteiger partial charge in [-0.2, -0.15) is 5.26 Å². The van der Waals surface area contributed by atoms with Gasteiger partial charge < -0.3 is 9.80 Å². The number of hydrogen-bond donors (Lipinski definition) is 0. The zero-order chi connectivity index (χ0) is 43.9. The lowest BCUT2D eigenvalue weighted by molar-refractivity contribution is 0.490. The van der Waals surface area contributed by atoms with Crippen molar-refractivity contribution in [1.82, 2.24) is 0 Å². The van der Waals surface area contributed by atoms with Crippen molar-refractivity contribution in [3.05, 3.63) is 215 Å². The van der Waals surface area contributed by atoms with Crippen LogP contribution in [0, 0.1) is 17.2 Å². The fourth-order valence-corrected chi connectivity index (χ4v) is 11.9. The number of rotatable bonds is 8. The second-order valence-corrected chi connectivity index (χ2v) is 19.6. The van der Waals surface area contributed by atoms with E-state index >= 15 is 0 Å². The summed E-state index contributed by atoms with van der Waals surface area (Å²) in [5.41, 5.74) is 17.3. The largest absolute Gasteiger partial charge is 0.334 e. The molecule has 3 atom stereocenters. The van der Waals surface area contributed by atoms with Gasteiger partial charge in [-0.3, -0.25) is 0 Å². The molecule has 0 aromatic heterocycles. The van der Waals surface area contributed by atoms with E-state index in [-0.39, 0.29) is 22.8 Å². The minimum Gasteiger partial charge on any atom is -0.334 e. The minimum absolute atomic E-state index is 0.0727. The van der Waals surface area contributed by atoms with E-state index in [2.05, 4.69) is 215 Å². The van der Waals surface area contributed by atoms with E-state index in [1.54, 1.807) is 0 Å². The van der Waals surface area contributed by atoms with Crippen LogP contribution in [0.15, 0.2) is 181 Å². The van der Waals surface area contributed by atoms with Gasteiger partial charge in [0.1, 0.15) is 0 Å². The smallest absolute Gasteiger partial charge is 0.0991 e. The Morgan fingerprint density at radius 2 is 1.45 bits per heavy atom. The van der Waals surface area contributed by atoms with Gasteiger partial charge in [0, 0.05) is 39.0 Å². The maximum absolute atomic E-state index is 9.85. The normalized spacial score (nSPS) is 20.2. The van der Waals surface area contributed by atoms with Crippen molar-refractivity contribution < 1.29 is 0 Å². The molecule has 0 saturated carbocycles. The van der Waals surface area contributed by atoms with E-state index < -0.39 is 0 Å². The van der Waals surface area contributed by atoms with Crippen molar-refractivity contribution >= 4 is 44.3 Å². The molecule has 3 nitrogen and oxygen atoms in total. The summed E-state index contributed by atoms with van der Waals surface area (Å²) in [6.45, 7) is 14.3. The molecule has 0 bridgehead atoms. The first kappa shape index (κ1) is 39.9.